The average molecular weight is 393 g/mol. The molecule has 5 nitrogen and oxygen atoms in total. The quantitative estimate of drug-likeness (QED) is 0.710. The van der Waals surface area contributed by atoms with Crippen molar-refractivity contribution in [1.82, 2.24) is 9.88 Å². The summed E-state index contributed by atoms with van der Waals surface area (Å²) in [6, 6.07) is 15.2. The summed E-state index contributed by atoms with van der Waals surface area (Å²) in [4.78, 5) is 21.8. The Morgan fingerprint density at radius 3 is 2.62 bits per heavy atom. The largest absolute Gasteiger partial charge is 0.358 e. The molecular weight excluding hydrogens is 367 g/mol. The summed E-state index contributed by atoms with van der Waals surface area (Å²) in [5, 5.41) is 1.23. The SMILES string of the molecule is O=C(C[NH+]1CCN(c2ccccc2F)CC1)N1CCc2[nH]c3ccccc3c2C1. The molecule has 1 aromatic heterocycles. The van der Waals surface area contributed by atoms with Crippen LogP contribution in [0.15, 0.2) is 48.5 Å². The topological polar surface area (TPSA) is 43.8 Å². The van der Waals surface area contributed by atoms with E-state index in [1.165, 1.54) is 27.6 Å². The maximum Gasteiger partial charge on any atom is 0.278 e. The van der Waals surface area contributed by atoms with Crippen LogP contribution < -0.4 is 9.80 Å². The Bertz CT molecular complexity index is 1040. The second-order valence-corrected chi connectivity index (χ2v) is 8.06. The van der Waals surface area contributed by atoms with Gasteiger partial charge in [0.05, 0.1) is 31.9 Å². The van der Waals surface area contributed by atoms with Crippen LogP contribution in [-0.2, 0) is 17.8 Å². The molecule has 2 aromatic carbocycles. The van der Waals surface area contributed by atoms with Crippen LogP contribution in [0.2, 0.25) is 0 Å². The third-order valence-electron chi connectivity index (χ3n) is 6.30. The maximum atomic E-state index is 14.0. The van der Waals surface area contributed by atoms with Crippen LogP contribution >= 0.6 is 0 Å². The van der Waals surface area contributed by atoms with E-state index in [9.17, 15) is 9.18 Å². The summed E-state index contributed by atoms with van der Waals surface area (Å²) in [6.45, 7) is 5.23. The van der Waals surface area contributed by atoms with E-state index in [-0.39, 0.29) is 11.7 Å². The zero-order chi connectivity index (χ0) is 19.8. The number of fused-ring (bicyclic) bond motifs is 3. The molecule has 2 aliphatic heterocycles. The van der Waals surface area contributed by atoms with Gasteiger partial charge in [-0.05, 0) is 18.2 Å². The van der Waals surface area contributed by atoms with Crippen molar-refractivity contribution in [3.05, 3.63) is 65.6 Å². The Balaban J connectivity index is 1.20. The number of para-hydroxylation sites is 2. The van der Waals surface area contributed by atoms with Gasteiger partial charge in [0, 0.05) is 41.7 Å². The first-order chi connectivity index (χ1) is 14.2. The number of nitrogens with zero attached hydrogens (tertiary/aromatic N) is 2. The fourth-order valence-electron chi connectivity index (χ4n) is 4.65. The number of carbonyl (C=O) groups excluding carboxylic acids is 1. The van der Waals surface area contributed by atoms with Crippen molar-refractivity contribution in [1.29, 1.82) is 0 Å². The van der Waals surface area contributed by atoms with Crippen molar-refractivity contribution in [2.24, 2.45) is 0 Å². The molecule has 0 unspecified atom stereocenters. The summed E-state index contributed by atoms with van der Waals surface area (Å²) in [6.07, 6.45) is 0.881. The molecule has 0 saturated carbocycles. The third kappa shape index (κ3) is 3.49. The number of hydrogen-bond acceptors (Lipinski definition) is 2. The van der Waals surface area contributed by atoms with Crippen LogP contribution in [-0.4, -0.2) is 55.1 Å². The van der Waals surface area contributed by atoms with Crippen molar-refractivity contribution >= 4 is 22.5 Å². The number of H-pyrrole nitrogens is 1. The van der Waals surface area contributed by atoms with E-state index in [1.54, 1.807) is 6.07 Å². The van der Waals surface area contributed by atoms with Crippen molar-refractivity contribution in [2.75, 3.05) is 44.2 Å². The summed E-state index contributed by atoms with van der Waals surface area (Å²) < 4.78 is 14.0. The predicted octanol–water partition coefficient (Wildman–Crippen LogP) is 1.60. The number of quaternary nitrogens is 1. The lowest BCUT2D eigenvalue weighted by Crippen LogP contribution is -3.15. The van der Waals surface area contributed by atoms with E-state index in [0.29, 0.717) is 18.8 Å². The molecule has 3 heterocycles. The number of nitrogens with one attached hydrogen (secondary N) is 2. The molecule has 0 spiro atoms. The molecule has 2 aliphatic rings. The number of halogens is 1. The van der Waals surface area contributed by atoms with Crippen molar-refractivity contribution < 1.29 is 14.1 Å². The summed E-state index contributed by atoms with van der Waals surface area (Å²) in [5.41, 5.74) is 4.35. The van der Waals surface area contributed by atoms with Crippen LogP contribution in [0, 0.1) is 5.82 Å². The number of anilines is 1. The molecule has 0 atom stereocenters. The minimum absolute atomic E-state index is 0.171. The molecule has 29 heavy (non-hydrogen) atoms. The van der Waals surface area contributed by atoms with Gasteiger partial charge in [-0.15, -0.1) is 0 Å². The molecule has 0 bridgehead atoms. The molecule has 0 aliphatic carbocycles. The van der Waals surface area contributed by atoms with Crippen molar-refractivity contribution in [3.8, 4) is 0 Å². The monoisotopic (exact) mass is 393 g/mol. The first-order valence-corrected chi connectivity index (χ1v) is 10.4. The first-order valence-electron chi connectivity index (χ1n) is 10.4. The fourth-order valence-corrected chi connectivity index (χ4v) is 4.65. The van der Waals surface area contributed by atoms with Crippen LogP contribution in [0.25, 0.3) is 10.9 Å². The molecule has 150 valence electrons. The van der Waals surface area contributed by atoms with Gasteiger partial charge in [0.25, 0.3) is 5.91 Å². The van der Waals surface area contributed by atoms with E-state index in [1.807, 2.05) is 23.1 Å². The smallest absolute Gasteiger partial charge is 0.278 e. The van der Waals surface area contributed by atoms with Crippen LogP contribution in [0.4, 0.5) is 10.1 Å². The first kappa shape index (κ1) is 18.2. The molecule has 6 heteroatoms. The molecule has 1 fully saturated rings. The molecule has 2 N–H and O–H groups in total. The minimum Gasteiger partial charge on any atom is -0.358 e. The van der Waals surface area contributed by atoms with Gasteiger partial charge in [-0.1, -0.05) is 30.3 Å². The summed E-state index contributed by atoms with van der Waals surface area (Å²) >= 11 is 0. The highest BCUT2D eigenvalue weighted by atomic mass is 19.1. The lowest BCUT2D eigenvalue weighted by atomic mass is 10.0. The van der Waals surface area contributed by atoms with Crippen LogP contribution in [0.3, 0.4) is 0 Å². The number of aromatic amines is 1. The molecule has 0 radical (unpaired) electrons. The van der Waals surface area contributed by atoms with Crippen molar-refractivity contribution in [2.45, 2.75) is 13.0 Å². The summed E-state index contributed by atoms with van der Waals surface area (Å²) in [7, 11) is 0. The highest BCUT2D eigenvalue weighted by Crippen LogP contribution is 2.27. The van der Waals surface area contributed by atoms with Crippen molar-refractivity contribution in [3.63, 3.8) is 0 Å². The Kier molecular flexibility index (Phi) is 4.72. The molecular formula is C23H26FN4O+. The maximum absolute atomic E-state index is 14.0. The van der Waals surface area contributed by atoms with Gasteiger partial charge in [-0.2, -0.15) is 0 Å². The third-order valence-corrected chi connectivity index (χ3v) is 6.30. The number of benzene rings is 2. The fraction of sp³-hybridized carbons (Fsp3) is 0.348. The highest BCUT2D eigenvalue weighted by molar-refractivity contribution is 5.86. The lowest BCUT2D eigenvalue weighted by molar-refractivity contribution is -0.892. The van der Waals surface area contributed by atoms with Gasteiger partial charge >= 0.3 is 0 Å². The Morgan fingerprint density at radius 1 is 1.03 bits per heavy atom. The van der Waals surface area contributed by atoms with Crippen LogP contribution in [0.5, 0.6) is 0 Å². The van der Waals surface area contributed by atoms with E-state index in [0.717, 1.165) is 44.7 Å². The van der Waals surface area contributed by atoms with Gasteiger partial charge in [0.15, 0.2) is 6.54 Å². The van der Waals surface area contributed by atoms with Gasteiger partial charge in [0.1, 0.15) is 5.82 Å². The van der Waals surface area contributed by atoms with Crippen LogP contribution in [0.1, 0.15) is 11.3 Å². The second-order valence-electron chi connectivity index (χ2n) is 8.06. The van der Waals surface area contributed by atoms with E-state index >= 15 is 0 Å². The van der Waals surface area contributed by atoms with E-state index in [4.69, 9.17) is 0 Å². The molecule has 1 amide bonds. The zero-order valence-electron chi connectivity index (χ0n) is 16.5. The number of carbonyl (C=O) groups is 1. The molecule has 1 saturated heterocycles. The zero-order valence-corrected chi connectivity index (χ0v) is 16.5. The summed E-state index contributed by atoms with van der Waals surface area (Å²) in [5.74, 6) is 0.0464. The second kappa shape index (κ2) is 7.52. The highest BCUT2D eigenvalue weighted by Gasteiger charge is 2.28. The number of amides is 1. The lowest BCUT2D eigenvalue weighted by Gasteiger charge is -2.35. The Labute approximate surface area is 169 Å². The average Bonchev–Trinajstić information content (AvgIpc) is 3.13. The van der Waals surface area contributed by atoms with E-state index < -0.39 is 0 Å². The normalized spacial score (nSPS) is 17.6. The van der Waals surface area contributed by atoms with Gasteiger partial charge in [0.2, 0.25) is 0 Å². The number of rotatable bonds is 3. The standard InChI is InChI=1S/C23H25FN4O/c24-19-6-2-4-8-22(19)27-13-11-26(12-14-27)16-23(29)28-10-9-21-18(15-28)17-5-1-3-7-20(17)25-21/h1-8,25H,9-16H2/p+1. The minimum atomic E-state index is -0.171. The Hall–Kier alpha value is -2.86. The van der Waals surface area contributed by atoms with E-state index in [2.05, 4.69) is 28.1 Å². The predicted molar refractivity (Wildman–Crippen MR) is 112 cm³/mol. The number of aromatic nitrogens is 1. The number of hydrogen-bond donors (Lipinski definition) is 2. The van der Waals surface area contributed by atoms with Gasteiger partial charge in [-0.3, -0.25) is 4.79 Å². The Morgan fingerprint density at radius 2 is 1.79 bits per heavy atom. The molecule has 5 rings (SSSR count). The van der Waals surface area contributed by atoms with Gasteiger partial charge in [-0.25, -0.2) is 4.39 Å². The number of piperazine rings is 1. The van der Waals surface area contributed by atoms with Gasteiger partial charge < -0.3 is 19.7 Å². The molecule has 3 aromatic rings.